The van der Waals surface area contributed by atoms with Crippen LogP contribution in [0.4, 0.5) is 5.82 Å². The van der Waals surface area contributed by atoms with Gasteiger partial charge in [0.2, 0.25) is 5.91 Å². The smallest absolute Gasteiger partial charge is 0.225 e. The van der Waals surface area contributed by atoms with Crippen LogP contribution in [0.5, 0.6) is 0 Å². The standard InChI is InChI=1S/C16H15N3O/c1-12-3-2-10-18-16(12)19-15(20)9-8-13-4-6-14(11-17)7-5-13/h2-7,10H,8-9H2,1H3,(H,18,19,20). The maximum absolute atomic E-state index is 11.9. The van der Waals surface area contributed by atoms with E-state index in [2.05, 4.69) is 16.4 Å². The summed E-state index contributed by atoms with van der Waals surface area (Å²) in [5, 5.41) is 11.5. The fourth-order valence-electron chi connectivity index (χ4n) is 1.81. The third kappa shape index (κ3) is 3.66. The number of carbonyl (C=O) groups is 1. The molecule has 0 spiro atoms. The molecule has 0 aliphatic carbocycles. The van der Waals surface area contributed by atoms with E-state index >= 15 is 0 Å². The highest BCUT2D eigenvalue weighted by Crippen LogP contribution is 2.11. The van der Waals surface area contributed by atoms with Crippen LogP contribution in [0.2, 0.25) is 0 Å². The first-order valence-electron chi connectivity index (χ1n) is 6.39. The van der Waals surface area contributed by atoms with E-state index < -0.39 is 0 Å². The molecule has 4 heteroatoms. The van der Waals surface area contributed by atoms with Crippen molar-refractivity contribution in [3.05, 3.63) is 59.3 Å². The Labute approximate surface area is 118 Å². The van der Waals surface area contributed by atoms with Crippen molar-refractivity contribution in [3.8, 4) is 6.07 Å². The van der Waals surface area contributed by atoms with Gasteiger partial charge in [0.05, 0.1) is 11.6 Å². The van der Waals surface area contributed by atoms with Gasteiger partial charge in [-0.1, -0.05) is 18.2 Å². The molecule has 0 saturated carbocycles. The van der Waals surface area contributed by atoms with Gasteiger partial charge in [-0.15, -0.1) is 0 Å². The minimum Gasteiger partial charge on any atom is -0.310 e. The molecule has 0 aliphatic rings. The second-order valence-corrected chi connectivity index (χ2v) is 4.53. The molecule has 0 fully saturated rings. The van der Waals surface area contributed by atoms with Crippen molar-refractivity contribution >= 4 is 11.7 Å². The SMILES string of the molecule is Cc1cccnc1NC(=O)CCc1ccc(C#N)cc1. The van der Waals surface area contributed by atoms with Gasteiger partial charge in [-0.3, -0.25) is 4.79 Å². The molecule has 1 heterocycles. The molecule has 4 nitrogen and oxygen atoms in total. The quantitative estimate of drug-likeness (QED) is 0.924. The van der Waals surface area contributed by atoms with Gasteiger partial charge < -0.3 is 5.32 Å². The Bertz CT molecular complexity index is 642. The van der Waals surface area contributed by atoms with Crippen LogP contribution < -0.4 is 5.32 Å². The van der Waals surface area contributed by atoms with Gasteiger partial charge in [-0.2, -0.15) is 5.26 Å². The summed E-state index contributed by atoms with van der Waals surface area (Å²) in [6, 6.07) is 13.1. The molecule has 20 heavy (non-hydrogen) atoms. The number of nitrogens with one attached hydrogen (secondary N) is 1. The van der Waals surface area contributed by atoms with Crippen molar-refractivity contribution in [2.75, 3.05) is 5.32 Å². The zero-order valence-corrected chi connectivity index (χ0v) is 11.3. The number of benzene rings is 1. The Morgan fingerprint density at radius 3 is 2.70 bits per heavy atom. The number of aryl methyl sites for hydroxylation is 2. The monoisotopic (exact) mass is 265 g/mol. The number of amides is 1. The van der Waals surface area contributed by atoms with Crippen LogP contribution in [0.25, 0.3) is 0 Å². The molecule has 1 N–H and O–H groups in total. The van der Waals surface area contributed by atoms with Crippen LogP contribution in [-0.4, -0.2) is 10.9 Å². The topological polar surface area (TPSA) is 65.8 Å². The number of carbonyl (C=O) groups excluding carboxylic acids is 1. The average molecular weight is 265 g/mol. The predicted molar refractivity (Wildman–Crippen MR) is 77.1 cm³/mol. The summed E-state index contributed by atoms with van der Waals surface area (Å²) in [6.07, 6.45) is 2.69. The lowest BCUT2D eigenvalue weighted by atomic mass is 10.1. The van der Waals surface area contributed by atoms with Crippen molar-refractivity contribution in [1.29, 1.82) is 5.26 Å². The van der Waals surface area contributed by atoms with Gasteiger partial charge in [0.15, 0.2) is 0 Å². The Hall–Kier alpha value is -2.67. The first kappa shape index (κ1) is 13.8. The molecule has 1 aromatic carbocycles. The van der Waals surface area contributed by atoms with E-state index in [1.165, 1.54) is 0 Å². The predicted octanol–water partition coefficient (Wildman–Crippen LogP) is 2.83. The highest BCUT2D eigenvalue weighted by Gasteiger charge is 2.05. The molecule has 1 aromatic heterocycles. The fourth-order valence-corrected chi connectivity index (χ4v) is 1.81. The van der Waals surface area contributed by atoms with E-state index in [4.69, 9.17) is 5.26 Å². The molecular formula is C16H15N3O. The average Bonchev–Trinajstić information content (AvgIpc) is 2.48. The third-order valence-corrected chi connectivity index (χ3v) is 2.99. The van der Waals surface area contributed by atoms with Crippen molar-refractivity contribution < 1.29 is 4.79 Å². The first-order chi connectivity index (χ1) is 9.69. The van der Waals surface area contributed by atoms with Crippen LogP contribution in [0.1, 0.15) is 23.1 Å². The Morgan fingerprint density at radius 2 is 2.05 bits per heavy atom. The van der Waals surface area contributed by atoms with Crippen LogP contribution in [0.15, 0.2) is 42.6 Å². The lowest BCUT2D eigenvalue weighted by molar-refractivity contribution is -0.116. The fraction of sp³-hybridized carbons (Fsp3) is 0.188. The summed E-state index contributed by atoms with van der Waals surface area (Å²) in [4.78, 5) is 16.0. The number of pyridine rings is 1. The molecular weight excluding hydrogens is 250 g/mol. The first-order valence-corrected chi connectivity index (χ1v) is 6.39. The highest BCUT2D eigenvalue weighted by atomic mass is 16.1. The molecule has 2 rings (SSSR count). The number of nitrogens with zero attached hydrogens (tertiary/aromatic N) is 2. The molecule has 0 atom stereocenters. The lowest BCUT2D eigenvalue weighted by Crippen LogP contribution is -2.14. The van der Waals surface area contributed by atoms with Crippen molar-refractivity contribution in [3.63, 3.8) is 0 Å². The second kappa shape index (κ2) is 6.48. The van der Waals surface area contributed by atoms with Crippen molar-refractivity contribution in [2.45, 2.75) is 19.8 Å². The van der Waals surface area contributed by atoms with Gasteiger partial charge >= 0.3 is 0 Å². The van der Waals surface area contributed by atoms with Gasteiger partial charge in [-0.05, 0) is 42.7 Å². The number of hydrogen-bond donors (Lipinski definition) is 1. The van der Waals surface area contributed by atoms with E-state index in [0.717, 1.165) is 11.1 Å². The molecule has 2 aromatic rings. The second-order valence-electron chi connectivity index (χ2n) is 4.53. The zero-order valence-electron chi connectivity index (χ0n) is 11.3. The van der Waals surface area contributed by atoms with Crippen LogP contribution in [-0.2, 0) is 11.2 Å². The van der Waals surface area contributed by atoms with Crippen molar-refractivity contribution in [1.82, 2.24) is 4.98 Å². The maximum Gasteiger partial charge on any atom is 0.225 e. The largest absolute Gasteiger partial charge is 0.310 e. The molecule has 0 saturated heterocycles. The summed E-state index contributed by atoms with van der Waals surface area (Å²) in [5.41, 5.74) is 2.61. The number of nitriles is 1. The van der Waals surface area contributed by atoms with E-state index in [-0.39, 0.29) is 5.91 Å². The number of aromatic nitrogens is 1. The number of anilines is 1. The van der Waals surface area contributed by atoms with E-state index in [9.17, 15) is 4.79 Å². The van der Waals surface area contributed by atoms with E-state index in [0.29, 0.717) is 24.2 Å². The highest BCUT2D eigenvalue weighted by molar-refractivity contribution is 5.90. The third-order valence-electron chi connectivity index (χ3n) is 2.99. The van der Waals surface area contributed by atoms with Crippen molar-refractivity contribution in [2.24, 2.45) is 0 Å². The van der Waals surface area contributed by atoms with E-state index in [1.54, 1.807) is 18.3 Å². The summed E-state index contributed by atoms with van der Waals surface area (Å²) >= 11 is 0. The van der Waals surface area contributed by atoms with Crippen LogP contribution in [0, 0.1) is 18.3 Å². The molecule has 1 amide bonds. The Kier molecular flexibility index (Phi) is 4.46. The number of hydrogen-bond acceptors (Lipinski definition) is 3. The lowest BCUT2D eigenvalue weighted by Gasteiger charge is -2.06. The van der Waals surface area contributed by atoms with Gasteiger partial charge in [0.25, 0.3) is 0 Å². The minimum atomic E-state index is -0.0591. The molecule has 0 aliphatic heterocycles. The summed E-state index contributed by atoms with van der Waals surface area (Å²) < 4.78 is 0. The Balaban J connectivity index is 1.89. The minimum absolute atomic E-state index is 0.0591. The van der Waals surface area contributed by atoms with Gasteiger partial charge in [0.1, 0.15) is 5.82 Å². The normalized spacial score (nSPS) is 9.80. The van der Waals surface area contributed by atoms with Gasteiger partial charge in [-0.25, -0.2) is 4.98 Å². The zero-order chi connectivity index (χ0) is 14.4. The number of rotatable bonds is 4. The molecule has 0 unspecified atom stereocenters. The van der Waals surface area contributed by atoms with E-state index in [1.807, 2.05) is 31.2 Å². The summed E-state index contributed by atoms with van der Waals surface area (Å²) in [6.45, 7) is 1.91. The summed E-state index contributed by atoms with van der Waals surface area (Å²) in [7, 11) is 0. The Morgan fingerprint density at radius 1 is 1.30 bits per heavy atom. The van der Waals surface area contributed by atoms with Crippen LogP contribution >= 0.6 is 0 Å². The summed E-state index contributed by atoms with van der Waals surface area (Å²) in [5.74, 6) is 0.550. The molecule has 100 valence electrons. The van der Waals surface area contributed by atoms with Gasteiger partial charge in [0, 0.05) is 12.6 Å². The van der Waals surface area contributed by atoms with Crippen LogP contribution in [0.3, 0.4) is 0 Å². The molecule has 0 bridgehead atoms. The maximum atomic E-state index is 11.9. The molecule has 0 radical (unpaired) electrons.